The lowest BCUT2D eigenvalue weighted by molar-refractivity contribution is -0.138. The number of nitrogens with zero attached hydrogens (tertiary/aromatic N) is 2. The van der Waals surface area contributed by atoms with E-state index < -0.39 is 5.97 Å². The molecule has 2 rings (SSSR count). The Bertz CT molecular complexity index is 454. The molecule has 1 aromatic carbocycles. The predicted molar refractivity (Wildman–Crippen MR) is 72.2 cm³/mol. The van der Waals surface area contributed by atoms with Crippen molar-refractivity contribution in [3.63, 3.8) is 0 Å². The summed E-state index contributed by atoms with van der Waals surface area (Å²) in [6, 6.07) is 5.62. The first-order chi connectivity index (χ1) is 9.04. The third kappa shape index (κ3) is 3.94. The van der Waals surface area contributed by atoms with Crippen molar-refractivity contribution < 1.29 is 15.0 Å². The second-order valence-corrected chi connectivity index (χ2v) is 5.08. The number of hydrogen-bond donors (Lipinski definition) is 2. The molecule has 1 aliphatic heterocycles. The number of aromatic hydroxyl groups is 1. The van der Waals surface area contributed by atoms with E-state index >= 15 is 0 Å². The van der Waals surface area contributed by atoms with Crippen LogP contribution >= 0.6 is 0 Å². The van der Waals surface area contributed by atoms with Gasteiger partial charge in [0.25, 0.3) is 0 Å². The number of hydrogen-bond acceptors (Lipinski definition) is 4. The minimum absolute atomic E-state index is 0.115. The van der Waals surface area contributed by atoms with Gasteiger partial charge in [-0.3, -0.25) is 14.6 Å². The van der Waals surface area contributed by atoms with E-state index in [9.17, 15) is 9.90 Å². The summed E-state index contributed by atoms with van der Waals surface area (Å²) in [5.74, 6) is -0.441. The molecular formula is C14H20N2O3. The maximum atomic E-state index is 10.6. The topological polar surface area (TPSA) is 64.0 Å². The summed E-state index contributed by atoms with van der Waals surface area (Å²) in [6.07, 6.45) is 0. The minimum Gasteiger partial charge on any atom is -0.508 e. The molecule has 5 nitrogen and oxygen atoms in total. The quantitative estimate of drug-likeness (QED) is 0.846. The largest absolute Gasteiger partial charge is 0.508 e. The molecule has 0 saturated carbocycles. The van der Waals surface area contributed by atoms with Crippen LogP contribution in [0.1, 0.15) is 11.1 Å². The summed E-state index contributed by atoms with van der Waals surface area (Å²) >= 11 is 0. The van der Waals surface area contributed by atoms with Crippen molar-refractivity contribution >= 4 is 5.97 Å². The second-order valence-electron chi connectivity index (χ2n) is 5.08. The minimum atomic E-state index is -0.773. The molecule has 0 unspecified atom stereocenters. The van der Waals surface area contributed by atoms with Crippen LogP contribution in [0.3, 0.4) is 0 Å². The summed E-state index contributed by atoms with van der Waals surface area (Å²) in [5.41, 5.74) is 2.07. The van der Waals surface area contributed by atoms with Gasteiger partial charge in [0.15, 0.2) is 0 Å². The first-order valence-electron chi connectivity index (χ1n) is 6.49. The molecule has 5 heteroatoms. The average Bonchev–Trinajstić information content (AvgIpc) is 2.35. The number of aliphatic carboxylic acids is 1. The van der Waals surface area contributed by atoms with Gasteiger partial charge < -0.3 is 10.2 Å². The lowest BCUT2D eigenvalue weighted by Gasteiger charge is -2.33. The molecule has 1 saturated heterocycles. The molecule has 1 heterocycles. The first-order valence-corrected chi connectivity index (χ1v) is 6.49. The number of benzene rings is 1. The van der Waals surface area contributed by atoms with Gasteiger partial charge in [0.2, 0.25) is 0 Å². The van der Waals surface area contributed by atoms with Gasteiger partial charge in [-0.1, -0.05) is 17.7 Å². The van der Waals surface area contributed by atoms with Gasteiger partial charge in [-0.2, -0.15) is 0 Å². The third-order valence-electron chi connectivity index (χ3n) is 3.45. The van der Waals surface area contributed by atoms with Crippen molar-refractivity contribution in [3.8, 4) is 5.75 Å². The smallest absolute Gasteiger partial charge is 0.317 e. The van der Waals surface area contributed by atoms with Gasteiger partial charge >= 0.3 is 5.97 Å². The van der Waals surface area contributed by atoms with Crippen LogP contribution in [0, 0.1) is 6.92 Å². The molecule has 0 bridgehead atoms. The van der Waals surface area contributed by atoms with Crippen LogP contribution in [0.15, 0.2) is 18.2 Å². The van der Waals surface area contributed by atoms with E-state index in [2.05, 4.69) is 4.90 Å². The number of rotatable bonds is 4. The fourth-order valence-corrected chi connectivity index (χ4v) is 2.38. The Morgan fingerprint density at radius 3 is 2.47 bits per heavy atom. The molecule has 2 N–H and O–H groups in total. The van der Waals surface area contributed by atoms with E-state index in [-0.39, 0.29) is 6.54 Å². The van der Waals surface area contributed by atoms with E-state index in [1.165, 1.54) is 0 Å². The summed E-state index contributed by atoms with van der Waals surface area (Å²) in [7, 11) is 0. The number of carboxylic acids is 1. The molecule has 0 amide bonds. The highest BCUT2D eigenvalue weighted by atomic mass is 16.4. The van der Waals surface area contributed by atoms with Gasteiger partial charge in [-0.05, 0) is 13.0 Å². The Balaban J connectivity index is 1.88. The SMILES string of the molecule is Cc1ccc(O)c(CN2CCN(CC(=O)O)CC2)c1. The Labute approximate surface area is 113 Å². The molecule has 104 valence electrons. The van der Waals surface area contributed by atoms with Gasteiger partial charge in [-0.15, -0.1) is 0 Å². The van der Waals surface area contributed by atoms with Crippen LogP contribution in [0.2, 0.25) is 0 Å². The highest BCUT2D eigenvalue weighted by Gasteiger charge is 2.19. The molecule has 19 heavy (non-hydrogen) atoms. The van der Waals surface area contributed by atoms with Crippen molar-refractivity contribution in [1.82, 2.24) is 9.80 Å². The average molecular weight is 264 g/mol. The fraction of sp³-hybridized carbons (Fsp3) is 0.500. The van der Waals surface area contributed by atoms with Gasteiger partial charge in [0.05, 0.1) is 6.54 Å². The van der Waals surface area contributed by atoms with Gasteiger partial charge in [0.1, 0.15) is 5.75 Å². The van der Waals surface area contributed by atoms with E-state index in [0.29, 0.717) is 12.3 Å². The standard InChI is InChI=1S/C14H20N2O3/c1-11-2-3-13(17)12(8-11)9-15-4-6-16(7-5-15)10-14(18)19/h2-3,8,17H,4-7,9-10H2,1H3,(H,18,19). The molecule has 1 aromatic rings. The molecule has 0 aromatic heterocycles. The molecule has 0 aliphatic carbocycles. The number of piperazine rings is 1. The van der Waals surface area contributed by atoms with Gasteiger partial charge in [-0.25, -0.2) is 0 Å². The number of carboxylic acid groups (broad SMARTS) is 1. The molecule has 0 atom stereocenters. The van der Waals surface area contributed by atoms with Crippen LogP contribution < -0.4 is 0 Å². The highest BCUT2D eigenvalue weighted by molar-refractivity contribution is 5.69. The molecular weight excluding hydrogens is 244 g/mol. The number of carbonyl (C=O) groups is 1. The summed E-state index contributed by atoms with van der Waals surface area (Å²) < 4.78 is 0. The third-order valence-corrected chi connectivity index (χ3v) is 3.45. The predicted octanol–water partition coefficient (Wildman–Crippen LogP) is 0.903. The molecule has 1 fully saturated rings. The molecule has 0 spiro atoms. The van der Waals surface area contributed by atoms with Crippen LogP contribution in [0.25, 0.3) is 0 Å². The Morgan fingerprint density at radius 2 is 1.84 bits per heavy atom. The van der Waals surface area contributed by atoms with Crippen LogP contribution in [-0.4, -0.2) is 58.7 Å². The van der Waals surface area contributed by atoms with E-state index in [4.69, 9.17) is 5.11 Å². The van der Waals surface area contributed by atoms with E-state index in [1.807, 2.05) is 24.0 Å². The Kier molecular flexibility index (Phi) is 4.39. The highest BCUT2D eigenvalue weighted by Crippen LogP contribution is 2.20. The molecule has 1 aliphatic rings. The maximum absolute atomic E-state index is 10.6. The summed E-state index contributed by atoms with van der Waals surface area (Å²) in [4.78, 5) is 14.8. The number of phenols is 1. The van der Waals surface area contributed by atoms with Crippen molar-refractivity contribution in [3.05, 3.63) is 29.3 Å². The fourth-order valence-electron chi connectivity index (χ4n) is 2.38. The van der Waals surface area contributed by atoms with Crippen LogP contribution in [0.4, 0.5) is 0 Å². The molecule has 0 radical (unpaired) electrons. The lowest BCUT2D eigenvalue weighted by Crippen LogP contribution is -2.47. The van der Waals surface area contributed by atoms with Crippen molar-refractivity contribution in [1.29, 1.82) is 0 Å². The maximum Gasteiger partial charge on any atom is 0.317 e. The summed E-state index contributed by atoms with van der Waals surface area (Å²) in [6.45, 7) is 6.03. The number of aryl methyl sites for hydroxylation is 1. The Morgan fingerprint density at radius 1 is 1.21 bits per heavy atom. The van der Waals surface area contributed by atoms with Crippen molar-refractivity contribution in [2.45, 2.75) is 13.5 Å². The zero-order valence-corrected chi connectivity index (χ0v) is 11.2. The monoisotopic (exact) mass is 264 g/mol. The van der Waals surface area contributed by atoms with Crippen LogP contribution in [0.5, 0.6) is 5.75 Å². The zero-order chi connectivity index (χ0) is 13.8. The van der Waals surface area contributed by atoms with Crippen LogP contribution in [-0.2, 0) is 11.3 Å². The summed E-state index contributed by atoms with van der Waals surface area (Å²) in [5, 5.41) is 18.6. The first kappa shape index (κ1) is 13.8. The van der Waals surface area contributed by atoms with E-state index in [1.54, 1.807) is 6.07 Å². The van der Waals surface area contributed by atoms with Crippen molar-refractivity contribution in [2.75, 3.05) is 32.7 Å². The zero-order valence-electron chi connectivity index (χ0n) is 11.2. The lowest BCUT2D eigenvalue weighted by atomic mass is 10.1. The van der Waals surface area contributed by atoms with Gasteiger partial charge in [0, 0.05) is 38.3 Å². The normalized spacial score (nSPS) is 17.5. The second kappa shape index (κ2) is 6.04. The number of phenolic OH excluding ortho intramolecular Hbond substituents is 1. The van der Waals surface area contributed by atoms with E-state index in [0.717, 1.165) is 37.3 Å². The Hall–Kier alpha value is -1.59. The van der Waals surface area contributed by atoms with Crippen molar-refractivity contribution in [2.24, 2.45) is 0 Å².